The Morgan fingerprint density at radius 1 is 1.52 bits per heavy atom. The van der Waals surface area contributed by atoms with Crippen molar-refractivity contribution in [3.8, 4) is 0 Å². The van der Waals surface area contributed by atoms with Crippen molar-refractivity contribution in [1.82, 2.24) is 10.6 Å². The molecule has 6 heteroatoms. The first-order valence-electron chi connectivity index (χ1n) is 7.97. The van der Waals surface area contributed by atoms with E-state index in [0.29, 0.717) is 36.8 Å². The van der Waals surface area contributed by atoms with Crippen LogP contribution in [0.3, 0.4) is 0 Å². The van der Waals surface area contributed by atoms with Crippen molar-refractivity contribution in [1.29, 1.82) is 0 Å². The largest absolute Gasteiger partial charge is 0.356 e. The Morgan fingerprint density at radius 3 is 3.00 bits per heavy atom. The number of carbonyl (C=O) groups excluding carboxylic acids is 1. The molecule has 1 aromatic carbocycles. The molecule has 2 unspecified atom stereocenters. The van der Waals surface area contributed by atoms with Crippen LogP contribution in [0.1, 0.15) is 31.7 Å². The van der Waals surface area contributed by atoms with E-state index in [2.05, 4.69) is 33.5 Å². The third kappa shape index (κ3) is 6.77. The number of amides is 1. The lowest BCUT2D eigenvalue weighted by molar-refractivity contribution is -0.122. The van der Waals surface area contributed by atoms with Crippen LogP contribution in [0.25, 0.3) is 0 Å². The van der Waals surface area contributed by atoms with Gasteiger partial charge in [-0.25, -0.2) is 4.39 Å². The second-order valence-corrected chi connectivity index (χ2v) is 7.04. The lowest BCUT2D eigenvalue weighted by Crippen LogP contribution is -2.36. The molecule has 0 aromatic heterocycles. The summed E-state index contributed by atoms with van der Waals surface area (Å²) in [7, 11) is 0. The normalized spacial score (nSPS) is 18.8. The molecule has 1 fully saturated rings. The van der Waals surface area contributed by atoms with Crippen LogP contribution in [0.5, 0.6) is 0 Å². The monoisotopic (exact) mass is 406 g/mol. The molecule has 130 valence electrons. The molecule has 2 N–H and O–H groups in total. The average molecular weight is 408 g/mol. The van der Waals surface area contributed by atoms with E-state index in [0.717, 1.165) is 17.6 Å². The van der Waals surface area contributed by atoms with Crippen molar-refractivity contribution in [3.63, 3.8) is 0 Å². The molecule has 2 atom stereocenters. The lowest BCUT2D eigenvalue weighted by atomic mass is 9.85. The number of hydrogen-bond acceptors (Lipinski definition) is 2. The van der Waals surface area contributed by atoms with Crippen LogP contribution in [0.15, 0.2) is 22.7 Å². The van der Waals surface area contributed by atoms with Gasteiger partial charge in [0.25, 0.3) is 0 Å². The summed E-state index contributed by atoms with van der Waals surface area (Å²) in [6.45, 7) is 4.72. The molecule has 0 spiro atoms. The Bertz CT molecular complexity index is 509. The van der Waals surface area contributed by atoms with E-state index in [9.17, 15) is 9.18 Å². The number of benzene rings is 1. The first kappa shape index (κ1) is 20.4. The molecule has 1 aromatic rings. The smallest absolute Gasteiger partial charge is 0.220 e. The van der Waals surface area contributed by atoms with Gasteiger partial charge >= 0.3 is 0 Å². The molecule has 1 amide bonds. The standard InChI is InChI=1S/C17H24BrFN2O.ClH/c1-12(14-3-2-7-20-11-14)9-17(22)21-8-6-13-10-15(18)4-5-16(13)19;/h4-5,10,12,14,20H,2-3,6-9,11H2,1H3,(H,21,22);1H. The number of piperidine rings is 1. The quantitative estimate of drug-likeness (QED) is 0.755. The highest BCUT2D eigenvalue weighted by atomic mass is 79.9. The highest BCUT2D eigenvalue weighted by molar-refractivity contribution is 9.10. The van der Waals surface area contributed by atoms with E-state index >= 15 is 0 Å². The Hall–Kier alpha value is -0.650. The summed E-state index contributed by atoms with van der Waals surface area (Å²) in [6.07, 6.45) is 3.45. The molecule has 0 bridgehead atoms. The van der Waals surface area contributed by atoms with Gasteiger partial charge in [0.15, 0.2) is 0 Å². The maximum Gasteiger partial charge on any atom is 0.220 e. The second-order valence-electron chi connectivity index (χ2n) is 6.12. The van der Waals surface area contributed by atoms with Crippen molar-refractivity contribution in [2.24, 2.45) is 11.8 Å². The van der Waals surface area contributed by atoms with Gasteiger partial charge in [-0.15, -0.1) is 12.4 Å². The minimum absolute atomic E-state index is 0. The van der Waals surface area contributed by atoms with E-state index in [1.807, 2.05) is 0 Å². The van der Waals surface area contributed by atoms with Gasteiger partial charge in [0.1, 0.15) is 5.82 Å². The van der Waals surface area contributed by atoms with Crippen LogP contribution in [0, 0.1) is 17.7 Å². The number of halogens is 3. The van der Waals surface area contributed by atoms with Gasteiger partial charge in [-0.2, -0.15) is 0 Å². The van der Waals surface area contributed by atoms with Gasteiger partial charge in [0, 0.05) is 17.4 Å². The molecule has 1 saturated heterocycles. The molecule has 0 radical (unpaired) electrons. The Labute approximate surface area is 152 Å². The maximum atomic E-state index is 13.6. The van der Waals surface area contributed by atoms with Gasteiger partial charge in [-0.1, -0.05) is 22.9 Å². The summed E-state index contributed by atoms with van der Waals surface area (Å²) in [5, 5.41) is 6.29. The van der Waals surface area contributed by atoms with Crippen molar-refractivity contribution in [3.05, 3.63) is 34.1 Å². The molecular weight excluding hydrogens is 383 g/mol. The fourth-order valence-electron chi connectivity index (χ4n) is 2.97. The van der Waals surface area contributed by atoms with Gasteiger partial charge in [0.05, 0.1) is 0 Å². The van der Waals surface area contributed by atoms with Crippen LogP contribution < -0.4 is 10.6 Å². The second kappa shape index (κ2) is 10.3. The first-order valence-corrected chi connectivity index (χ1v) is 8.77. The van der Waals surface area contributed by atoms with E-state index in [1.54, 1.807) is 12.1 Å². The summed E-state index contributed by atoms with van der Waals surface area (Å²) < 4.78 is 14.5. The SMILES string of the molecule is CC(CC(=O)NCCc1cc(Br)ccc1F)C1CCCNC1.Cl. The highest BCUT2D eigenvalue weighted by Crippen LogP contribution is 2.22. The summed E-state index contributed by atoms with van der Waals surface area (Å²) in [6, 6.07) is 4.88. The van der Waals surface area contributed by atoms with E-state index in [-0.39, 0.29) is 24.1 Å². The van der Waals surface area contributed by atoms with Crippen LogP contribution >= 0.6 is 28.3 Å². The van der Waals surface area contributed by atoms with Crippen molar-refractivity contribution in [2.45, 2.75) is 32.6 Å². The van der Waals surface area contributed by atoms with Crippen molar-refractivity contribution >= 4 is 34.2 Å². The summed E-state index contributed by atoms with van der Waals surface area (Å²) in [5.41, 5.74) is 0.624. The molecule has 1 aliphatic rings. The zero-order valence-electron chi connectivity index (χ0n) is 13.4. The number of carbonyl (C=O) groups is 1. The van der Waals surface area contributed by atoms with E-state index in [1.165, 1.54) is 18.9 Å². The maximum absolute atomic E-state index is 13.6. The summed E-state index contributed by atoms with van der Waals surface area (Å²) in [5.74, 6) is 0.810. The van der Waals surface area contributed by atoms with Gasteiger partial charge in [-0.05, 0) is 68.0 Å². The fourth-order valence-corrected chi connectivity index (χ4v) is 3.38. The molecule has 1 aliphatic heterocycles. The Morgan fingerprint density at radius 2 is 2.30 bits per heavy atom. The molecule has 3 nitrogen and oxygen atoms in total. The molecule has 0 aliphatic carbocycles. The molecule has 1 heterocycles. The van der Waals surface area contributed by atoms with Crippen molar-refractivity contribution in [2.75, 3.05) is 19.6 Å². The van der Waals surface area contributed by atoms with Crippen LogP contribution in [0.2, 0.25) is 0 Å². The van der Waals surface area contributed by atoms with Crippen LogP contribution in [0.4, 0.5) is 4.39 Å². The Kier molecular flexibility index (Phi) is 9.10. The predicted octanol–water partition coefficient (Wildman–Crippen LogP) is 3.69. The number of nitrogens with one attached hydrogen (secondary N) is 2. The number of rotatable bonds is 6. The van der Waals surface area contributed by atoms with Crippen LogP contribution in [-0.2, 0) is 11.2 Å². The van der Waals surface area contributed by atoms with Gasteiger partial charge < -0.3 is 10.6 Å². The average Bonchev–Trinajstić information content (AvgIpc) is 2.51. The minimum atomic E-state index is -0.223. The topological polar surface area (TPSA) is 41.1 Å². The predicted molar refractivity (Wildman–Crippen MR) is 97.4 cm³/mol. The molecule has 0 saturated carbocycles. The van der Waals surface area contributed by atoms with E-state index < -0.39 is 0 Å². The third-order valence-corrected chi connectivity index (χ3v) is 4.86. The molecule has 2 rings (SSSR count). The zero-order valence-corrected chi connectivity index (χ0v) is 15.8. The van der Waals surface area contributed by atoms with Crippen molar-refractivity contribution < 1.29 is 9.18 Å². The Balaban J connectivity index is 0.00000264. The first-order chi connectivity index (χ1) is 10.6. The summed E-state index contributed by atoms with van der Waals surface area (Å²) >= 11 is 3.33. The minimum Gasteiger partial charge on any atom is -0.356 e. The van der Waals surface area contributed by atoms with E-state index in [4.69, 9.17) is 0 Å². The van der Waals surface area contributed by atoms with Gasteiger partial charge in [-0.3, -0.25) is 4.79 Å². The third-order valence-electron chi connectivity index (χ3n) is 4.37. The highest BCUT2D eigenvalue weighted by Gasteiger charge is 2.21. The fraction of sp³-hybridized carbons (Fsp3) is 0.588. The molecule has 23 heavy (non-hydrogen) atoms. The van der Waals surface area contributed by atoms with Gasteiger partial charge in [0.2, 0.25) is 5.91 Å². The summed E-state index contributed by atoms with van der Waals surface area (Å²) in [4.78, 5) is 12.0. The lowest BCUT2D eigenvalue weighted by Gasteiger charge is -2.28. The van der Waals surface area contributed by atoms with Crippen LogP contribution in [-0.4, -0.2) is 25.5 Å². The number of hydrogen-bond donors (Lipinski definition) is 2. The zero-order chi connectivity index (χ0) is 15.9. The molecular formula is C17H25BrClFN2O.